The fourth-order valence-corrected chi connectivity index (χ4v) is 8.68. The summed E-state index contributed by atoms with van der Waals surface area (Å²) in [7, 11) is 0. The van der Waals surface area contributed by atoms with Crippen LogP contribution in [-0.2, 0) is 16.1 Å². The summed E-state index contributed by atoms with van der Waals surface area (Å²) in [6.07, 6.45) is 1.38. The number of aromatic nitrogens is 1. The summed E-state index contributed by atoms with van der Waals surface area (Å²) in [6, 6.07) is 23.3. The predicted octanol–water partition coefficient (Wildman–Crippen LogP) is 7.04. The average molecular weight is 871 g/mol. The highest BCUT2D eigenvalue weighted by atomic mass is 127. The van der Waals surface area contributed by atoms with Crippen LogP contribution in [0.2, 0.25) is 0 Å². The molecular weight excluding hydrogens is 844 g/mol. The van der Waals surface area contributed by atoms with Crippen molar-refractivity contribution in [1.82, 2.24) is 4.57 Å². The van der Waals surface area contributed by atoms with Crippen molar-refractivity contribution in [3.8, 4) is 5.75 Å². The Hall–Kier alpha value is -3.89. The molecule has 5 aromatic rings. The van der Waals surface area contributed by atoms with E-state index in [1.54, 1.807) is 32.9 Å². The van der Waals surface area contributed by atoms with Crippen LogP contribution in [0.3, 0.4) is 0 Å². The Kier molecular flexibility index (Phi) is 9.62. The zero-order valence-corrected chi connectivity index (χ0v) is 30.5. The van der Waals surface area contributed by atoms with E-state index in [1.165, 1.54) is 34.1 Å². The molecule has 0 unspecified atom stereocenters. The average Bonchev–Trinajstić information content (AvgIpc) is 3.33. The molecule has 4 aromatic carbocycles. The van der Waals surface area contributed by atoms with Crippen LogP contribution in [-0.4, -0.2) is 21.6 Å². The maximum absolute atomic E-state index is 14.1. The predicted molar refractivity (Wildman–Crippen MR) is 198 cm³/mol. The third-order valence-corrected chi connectivity index (χ3v) is 10.1. The zero-order chi connectivity index (χ0) is 33.4. The van der Waals surface area contributed by atoms with E-state index in [-0.39, 0.29) is 16.8 Å². The van der Waals surface area contributed by atoms with Crippen LogP contribution >= 0.6 is 56.5 Å². The Labute approximate surface area is 300 Å². The van der Waals surface area contributed by atoms with Crippen LogP contribution < -0.4 is 19.6 Å². The highest BCUT2D eigenvalue weighted by Crippen LogP contribution is 2.33. The first-order valence-corrected chi connectivity index (χ1v) is 17.6. The van der Waals surface area contributed by atoms with E-state index in [2.05, 4.69) is 74.4 Å². The summed E-state index contributed by atoms with van der Waals surface area (Å²) < 4.78 is 15.5. The standard InChI is InChI=1S/C35H27I2N3O6S/c1-19(2)46-34(42)30-20(3)38-35-39(31(30)23-10-7-12-25(17-23)40(43)44)33(41)29(47-35)16-21-14-27(36)32(28(37)15-21)45-18-24-11-6-9-22-8-4-5-13-26(22)24/h4-17,19,31H,18H2,1-3H3/b29-16+/t31-/m1/s1. The number of benzene rings is 4. The Bertz CT molecular complexity index is 2260. The van der Waals surface area contributed by atoms with Gasteiger partial charge in [0.15, 0.2) is 4.80 Å². The summed E-state index contributed by atoms with van der Waals surface area (Å²) in [4.78, 5) is 43.5. The Morgan fingerprint density at radius 1 is 1.06 bits per heavy atom. The van der Waals surface area contributed by atoms with Crippen molar-refractivity contribution in [1.29, 1.82) is 0 Å². The van der Waals surface area contributed by atoms with Gasteiger partial charge in [-0.1, -0.05) is 65.9 Å². The van der Waals surface area contributed by atoms with E-state index < -0.39 is 23.0 Å². The van der Waals surface area contributed by atoms with Gasteiger partial charge in [0.1, 0.15) is 12.4 Å². The van der Waals surface area contributed by atoms with Gasteiger partial charge >= 0.3 is 5.97 Å². The van der Waals surface area contributed by atoms with E-state index in [9.17, 15) is 19.7 Å². The third-order valence-electron chi connectivity index (χ3n) is 7.55. The quantitative estimate of drug-likeness (QED) is 0.0717. The van der Waals surface area contributed by atoms with E-state index in [1.807, 2.05) is 30.3 Å². The molecule has 0 amide bonds. The largest absolute Gasteiger partial charge is 0.487 e. The second-order valence-electron chi connectivity index (χ2n) is 11.1. The molecular formula is C35H27I2N3O6S. The molecule has 0 aliphatic carbocycles. The van der Waals surface area contributed by atoms with Gasteiger partial charge in [-0.3, -0.25) is 19.5 Å². The molecule has 0 bridgehead atoms. The molecule has 238 valence electrons. The van der Waals surface area contributed by atoms with Crippen molar-refractivity contribution >= 4 is 85.0 Å². The second-order valence-corrected chi connectivity index (χ2v) is 14.5. The van der Waals surface area contributed by atoms with Gasteiger partial charge in [-0.05, 0) is 112 Å². The van der Waals surface area contributed by atoms with Crippen molar-refractivity contribution < 1.29 is 19.2 Å². The number of hydrogen-bond donors (Lipinski definition) is 0. The van der Waals surface area contributed by atoms with Crippen LogP contribution in [0.5, 0.6) is 5.75 Å². The first-order chi connectivity index (χ1) is 22.5. The van der Waals surface area contributed by atoms with Crippen molar-refractivity contribution in [2.24, 2.45) is 4.99 Å². The van der Waals surface area contributed by atoms with Gasteiger partial charge < -0.3 is 9.47 Å². The highest BCUT2D eigenvalue weighted by Gasteiger charge is 2.34. The van der Waals surface area contributed by atoms with E-state index in [0.29, 0.717) is 27.2 Å². The molecule has 1 aliphatic heterocycles. The number of esters is 1. The maximum atomic E-state index is 14.1. The second kappa shape index (κ2) is 13.7. The smallest absolute Gasteiger partial charge is 0.338 e. The van der Waals surface area contributed by atoms with Crippen molar-refractivity contribution in [2.75, 3.05) is 0 Å². The zero-order valence-electron chi connectivity index (χ0n) is 25.4. The number of carbonyl (C=O) groups is 1. The van der Waals surface area contributed by atoms with E-state index in [4.69, 9.17) is 9.47 Å². The van der Waals surface area contributed by atoms with Gasteiger partial charge in [0.05, 0.1) is 40.0 Å². The molecule has 47 heavy (non-hydrogen) atoms. The molecule has 1 aliphatic rings. The molecule has 0 fully saturated rings. The normalized spacial score (nSPS) is 14.7. The van der Waals surface area contributed by atoms with Gasteiger partial charge in [-0.2, -0.15) is 0 Å². The minimum atomic E-state index is -0.954. The van der Waals surface area contributed by atoms with Crippen molar-refractivity contribution in [3.05, 3.63) is 144 Å². The third kappa shape index (κ3) is 6.76. The lowest BCUT2D eigenvalue weighted by molar-refractivity contribution is -0.384. The summed E-state index contributed by atoms with van der Waals surface area (Å²) >= 11 is 5.67. The van der Waals surface area contributed by atoms with Gasteiger partial charge in [-0.25, -0.2) is 9.79 Å². The molecule has 0 saturated heterocycles. The highest BCUT2D eigenvalue weighted by molar-refractivity contribution is 14.1. The number of non-ortho nitro benzene ring substituents is 1. The Balaban J connectivity index is 1.39. The first-order valence-electron chi connectivity index (χ1n) is 14.6. The lowest BCUT2D eigenvalue weighted by Gasteiger charge is -2.25. The van der Waals surface area contributed by atoms with Gasteiger partial charge in [0, 0.05) is 12.1 Å². The maximum Gasteiger partial charge on any atom is 0.338 e. The molecule has 0 spiro atoms. The molecule has 2 heterocycles. The molecule has 1 atom stereocenters. The molecule has 1 aromatic heterocycles. The fraction of sp³-hybridized carbons (Fsp3) is 0.171. The number of fused-ring (bicyclic) bond motifs is 2. The molecule has 12 heteroatoms. The minimum Gasteiger partial charge on any atom is -0.487 e. The van der Waals surface area contributed by atoms with Crippen LogP contribution in [0.25, 0.3) is 16.8 Å². The monoisotopic (exact) mass is 871 g/mol. The number of halogens is 2. The summed E-state index contributed by atoms with van der Waals surface area (Å²) in [6.45, 7) is 5.55. The number of carbonyl (C=O) groups excluding carboxylic acids is 1. The van der Waals surface area contributed by atoms with E-state index >= 15 is 0 Å². The molecule has 9 nitrogen and oxygen atoms in total. The topological polar surface area (TPSA) is 113 Å². The van der Waals surface area contributed by atoms with Crippen LogP contribution in [0.4, 0.5) is 5.69 Å². The van der Waals surface area contributed by atoms with Crippen molar-refractivity contribution in [2.45, 2.75) is 39.5 Å². The van der Waals surface area contributed by atoms with Crippen LogP contribution in [0, 0.1) is 17.3 Å². The lowest BCUT2D eigenvalue weighted by atomic mass is 9.95. The van der Waals surface area contributed by atoms with Crippen LogP contribution in [0.15, 0.2) is 99.9 Å². The number of nitro groups is 1. The number of nitrogens with zero attached hydrogens (tertiary/aromatic N) is 3. The number of ether oxygens (including phenoxy) is 2. The number of rotatable bonds is 8. The number of allylic oxidation sites excluding steroid dienone is 1. The van der Waals surface area contributed by atoms with Crippen LogP contribution in [0.1, 0.15) is 43.5 Å². The van der Waals surface area contributed by atoms with E-state index in [0.717, 1.165) is 34.8 Å². The number of hydrogen-bond acceptors (Lipinski definition) is 8. The first kappa shape index (κ1) is 33.0. The SMILES string of the molecule is CC1=C(C(=O)OC(C)C)[C@@H](c2cccc([N+](=O)[O-])c2)n2c(s/c(=C/c3cc(I)c(OCc4cccc5ccccc45)c(I)c3)c2=O)=N1. The summed E-state index contributed by atoms with van der Waals surface area (Å²) in [5, 5.41) is 13.9. The fourth-order valence-electron chi connectivity index (χ4n) is 5.50. The molecule has 0 saturated carbocycles. The van der Waals surface area contributed by atoms with Gasteiger partial charge in [0.2, 0.25) is 0 Å². The van der Waals surface area contributed by atoms with Gasteiger partial charge in [-0.15, -0.1) is 0 Å². The number of thiazole rings is 1. The molecule has 0 radical (unpaired) electrons. The minimum absolute atomic E-state index is 0.150. The van der Waals surface area contributed by atoms with Gasteiger partial charge in [0.25, 0.3) is 11.2 Å². The Morgan fingerprint density at radius 3 is 2.49 bits per heavy atom. The Morgan fingerprint density at radius 2 is 1.77 bits per heavy atom. The summed E-state index contributed by atoms with van der Waals surface area (Å²) in [5.41, 5.74) is 2.32. The summed E-state index contributed by atoms with van der Waals surface area (Å²) in [5.74, 6) is 0.127. The lowest BCUT2D eigenvalue weighted by Crippen LogP contribution is -2.40. The molecule has 6 rings (SSSR count). The molecule has 0 N–H and O–H groups in total. The van der Waals surface area contributed by atoms with Crippen molar-refractivity contribution in [3.63, 3.8) is 0 Å². The number of nitro benzene ring substituents is 1.